The maximum absolute atomic E-state index is 13.0. The predicted octanol–water partition coefficient (Wildman–Crippen LogP) is 4.41. The highest BCUT2D eigenvalue weighted by molar-refractivity contribution is 5.86. The van der Waals surface area contributed by atoms with Crippen molar-refractivity contribution in [2.75, 3.05) is 19.7 Å². The van der Waals surface area contributed by atoms with Gasteiger partial charge in [-0.05, 0) is 35.1 Å². The van der Waals surface area contributed by atoms with Crippen LogP contribution in [0.2, 0.25) is 0 Å². The molecule has 2 aromatic carbocycles. The summed E-state index contributed by atoms with van der Waals surface area (Å²) in [5.74, 6) is -1.29. The van der Waals surface area contributed by atoms with Crippen LogP contribution in [0.4, 0.5) is 4.79 Å². The maximum atomic E-state index is 13.0. The molecule has 0 saturated heterocycles. The lowest BCUT2D eigenvalue weighted by atomic mass is 9.98. The van der Waals surface area contributed by atoms with Crippen LogP contribution < -0.4 is 5.32 Å². The molecule has 7 heteroatoms. The largest absolute Gasteiger partial charge is 0.481 e. The van der Waals surface area contributed by atoms with Crippen LogP contribution in [0.5, 0.6) is 0 Å². The molecular formula is C26H32N2O5. The normalized spacial score (nSPS) is 13.0. The number of carbonyl (C=O) groups excluding carboxylic acids is 2. The number of aliphatic carboxylic acids is 1. The van der Waals surface area contributed by atoms with Gasteiger partial charge in [0.15, 0.2) is 0 Å². The van der Waals surface area contributed by atoms with Crippen molar-refractivity contribution in [3.05, 3.63) is 59.7 Å². The number of alkyl carbamates (subject to hydrolysis) is 1. The van der Waals surface area contributed by atoms with E-state index in [9.17, 15) is 14.4 Å². The molecule has 0 saturated carbocycles. The fourth-order valence-corrected chi connectivity index (χ4v) is 4.38. The zero-order chi connectivity index (χ0) is 23.8. The van der Waals surface area contributed by atoms with Gasteiger partial charge < -0.3 is 20.1 Å². The average Bonchev–Trinajstić information content (AvgIpc) is 3.13. The van der Waals surface area contributed by atoms with Crippen LogP contribution in [0.1, 0.15) is 56.6 Å². The first kappa shape index (κ1) is 24.3. The van der Waals surface area contributed by atoms with Gasteiger partial charge in [-0.25, -0.2) is 4.79 Å². The molecule has 2 amide bonds. The van der Waals surface area contributed by atoms with E-state index in [0.717, 1.165) is 22.3 Å². The van der Waals surface area contributed by atoms with Gasteiger partial charge >= 0.3 is 12.1 Å². The van der Waals surface area contributed by atoms with Crippen molar-refractivity contribution in [3.8, 4) is 11.1 Å². The minimum atomic E-state index is -0.958. The van der Waals surface area contributed by atoms with Crippen LogP contribution in [-0.2, 0) is 14.3 Å². The number of hydrogen-bond acceptors (Lipinski definition) is 4. The molecule has 2 aromatic rings. The smallest absolute Gasteiger partial charge is 0.407 e. The van der Waals surface area contributed by atoms with Gasteiger partial charge in [-0.3, -0.25) is 9.59 Å². The number of hydrogen-bond donors (Lipinski definition) is 2. The number of nitrogens with zero attached hydrogens (tertiary/aromatic N) is 1. The molecule has 0 aromatic heterocycles. The van der Waals surface area contributed by atoms with E-state index in [4.69, 9.17) is 9.84 Å². The summed E-state index contributed by atoms with van der Waals surface area (Å²) < 4.78 is 5.59. The van der Waals surface area contributed by atoms with Crippen molar-refractivity contribution < 1.29 is 24.2 Å². The minimum absolute atomic E-state index is 0.0596. The van der Waals surface area contributed by atoms with Gasteiger partial charge in [-0.1, -0.05) is 68.8 Å². The summed E-state index contributed by atoms with van der Waals surface area (Å²) in [6.07, 6.45) is 1.08. The number of ether oxygens (including phenoxy) is 1. The van der Waals surface area contributed by atoms with Gasteiger partial charge in [0.05, 0.1) is 6.42 Å². The first-order valence-corrected chi connectivity index (χ1v) is 11.6. The second-order valence-corrected chi connectivity index (χ2v) is 8.28. The maximum Gasteiger partial charge on any atom is 0.407 e. The summed E-state index contributed by atoms with van der Waals surface area (Å²) in [6.45, 7) is 4.59. The minimum Gasteiger partial charge on any atom is -0.481 e. The Bertz CT molecular complexity index is 945. The van der Waals surface area contributed by atoms with Gasteiger partial charge in [0, 0.05) is 19.0 Å². The third-order valence-corrected chi connectivity index (χ3v) is 5.91. The number of carbonyl (C=O) groups is 3. The summed E-state index contributed by atoms with van der Waals surface area (Å²) in [5.41, 5.74) is 4.54. The third kappa shape index (κ3) is 5.92. The number of amides is 2. The quantitative estimate of drug-likeness (QED) is 0.527. The highest BCUT2D eigenvalue weighted by Gasteiger charge is 2.30. The zero-order valence-electron chi connectivity index (χ0n) is 19.3. The lowest BCUT2D eigenvalue weighted by molar-refractivity contribution is -0.139. The molecule has 0 fully saturated rings. The summed E-state index contributed by atoms with van der Waals surface area (Å²) in [5, 5.41) is 11.7. The van der Waals surface area contributed by atoms with Gasteiger partial charge in [-0.2, -0.15) is 0 Å². The predicted molar refractivity (Wildman–Crippen MR) is 126 cm³/mol. The highest BCUT2D eigenvalue weighted by atomic mass is 16.5. The molecule has 33 heavy (non-hydrogen) atoms. The Balaban J connectivity index is 1.65. The number of nitrogens with one attached hydrogen (secondary N) is 1. The molecule has 2 N–H and O–H groups in total. The van der Waals surface area contributed by atoms with Crippen LogP contribution in [0, 0.1) is 0 Å². The molecule has 176 valence electrons. The van der Waals surface area contributed by atoms with E-state index < -0.39 is 18.1 Å². The van der Waals surface area contributed by atoms with Crippen molar-refractivity contribution in [2.24, 2.45) is 0 Å². The van der Waals surface area contributed by atoms with E-state index in [2.05, 4.69) is 29.6 Å². The monoisotopic (exact) mass is 452 g/mol. The Labute approximate surface area is 194 Å². The van der Waals surface area contributed by atoms with Crippen LogP contribution in [0.3, 0.4) is 0 Å². The number of fused-ring (bicyclic) bond motifs is 3. The van der Waals surface area contributed by atoms with Crippen molar-refractivity contribution in [1.29, 1.82) is 0 Å². The second-order valence-electron chi connectivity index (χ2n) is 8.28. The lowest BCUT2D eigenvalue weighted by Crippen LogP contribution is -2.49. The molecule has 0 spiro atoms. The third-order valence-electron chi connectivity index (χ3n) is 5.91. The van der Waals surface area contributed by atoms with Crippen molar-refractivity contribution in [1.82, 2.24) is 10.2 Å². The fraction of sp³-hybridized carbons (Fsp3) is 0.423. The Morgan fingerprint density at radius 1 is 0.970 bits per heavy atom. The molecular weight excluding hydrogens is 420 g/mol. The van der Waals surface area contributed by atoms with Gasteiger partial charge in [0.2, 0.25) is 5.91 Å². The Morgan fingerprint density at radius 3 is 2.12 bits per heavy atom. The molecule has 0 bridgehead atoms. The average molecular weight is 453 g/mol. The summed E-state index contributed by atoms with van der Waals surface area (Å²) in [4.78, 5) is 38.2. The molecule has 0 aliphatic heterocycles. The van der Waals surface area contributed by atoms with E-state index in [0.29, 0.717) is 25.8 Å². The molecule has 1 aliphatic carbocycles. The van der Waals surface area contributed by atoms with Gasteiger partial charge in [0.25, 0.3) is 0 Å². The first-order chi connectivity index (χ1) is 16.0. The molecule has 0 radical (unpaired) electrons. The van der Waals surface area contributed by atoms with Crippen LogP contribution in [0.15, 0.2) is 48.5 Å². The van der Waals surface area contributed by atoms with Gasteiger partial charge in [-0.15, -0.1) is 0 Å². The molecule has 7 nitrogen and oxygen atoms in total. The lowest BCUT2D eigenvalue weighted by Gasteiger charge is -2.27. The summed E-state index contributed by atoms with van der Waals surface area (Å²) >= 11 is 0. The number of rotatable bonds is 11. The standard InChI is InChI=1S/C26H32N2O5/c1-3-9-23(25(31)28(15-4-2)16-14-24(29)30)27-26(32)33-17-22-20-12-7-5-10-18(20)19-11-6-8-13-21(19)22/h5-8,10-13,22-23H,3-4,9,14-17H2,1-2H3,(H,27,32)(H,29,30). The highest BCUT2D eigenvalue weighted by Crippen LogP contribution is 2.44. The molecule has 1 aliphatic rings. The van der Waals surface area contributed by atoms with Gasteiger partial charge in [0.1, 0.15) is 12.6 Å². The molecule has 0 heterocycles. The second kappa shape index (κ2) is 11.5. The van der Waals surface area contributed by atoms with E-state index >= 15 is 0 Å². The van der Waals surface area contributed by atoms with E-state index in [-0.39, 0.29) is 31.4 Å². The number of carboxylic acids is 1. The Hall–Kier alpha value is -3.35. The van der Waals surface area contributed by atoms with E-state index in [1.54, 1.807) is 0 Å². The number of benzene rings is 2. The SMILES string of the molecule is CCCC(NC(=O)OCC1c2ccccc2-c2ccccc21)C(=O)N(CCC)CCC(=O)O. The van der Waals surface area contributed by atoms with Crippen molar-refractivity contribution in [2.45, 2.75) is 51.5 Å². The molecule has 1 atom stereocenters. The van der Waals surface area contributed by atoms with Crippen LogP contribution >= 0.6 is 0 Å². The van der Waals surface area contributed by atoms with E-state index in [1.807, 2.05) is 38.1 Å². The van der Waals surface area contributed by atoms with Crippen molar-refractivity contribution in [3.63, 3.8) is 0 Å². The molecule has 1 unspecified atom stereocenters. The van der Waals surface area contributed by atoms with Crippen LogP contribution in [-0.4, -0.2) is 53.7 Å². The summed E-state index contributed by atoms with van der Waals surface area (Å²) in [7, 11) is 0. The summed E-state index contributed by atoms with van der Waals surface area (Å²) in [6, 6.07) is 15.5. The zero-order valence-corrected chi connectivity index (χ0v) is 19.3. The molecule has 3 rings (SSSR count). The number of carboxylic acid groups (broad SMARTS) is 1. The van der Waals surface area contributed by atoms with Crippen LogP contribution in [0.25, 0.3) is 11.1 Å². The van der Waals surface area contributed by atoms with Crippen molar-refractivity contribution >= 4 is 18.0 Å². The first-order valence-electron chi connectivity index (χ1n) is 11.6. The topological polar surface area (TPSA) is 95.9 Å². The Kier molecular flexibility index (Phi) is 8.46. The van der Waals surface area contributed by atoms with E-state index in [1.165, 1.54) is 4.90 Å². The fourth-order valence-electron chi connectivity index (χ4n) is 4.38. The Morgan fingerprint density at radius 2 is 1.58 bits per heavy atom.